The third kappa shape index (κ3) is 3.13. The van der Waals surface area contributed by atoms with Gasteiger partial charge in [-0.15, -0.1) is 0 Å². The lowest BCUT2D eigenvalue weighted by atomic mass is 10.2. The Morgan fingerprint density at radius 3 is 2.67 bits per heavy atom. The van der Waals surface area contributed by atoms with Gasteiger partial charge in [-0.2, -0.15) is 0 Å². The molecule has 0 radical (unpaired) electrons. The smallest absolute Gasteiger partial charge is 0.144 e. The topological polar surface area (TPSA) is 47.6 Å². The maximum absolute atomic E-state index is 5.87. The maximum Gasteiger partial charge on any atom is 0.144 e. The van der Waals surface area contributed by atoms with Crippen molar-refractivity contribution in [2.24, 2.45) is 16.6 Å². The van der Waals surface area contributed by atoms with Crippen LogP contribution in [-0.2, 0) is 0 Å². The second kappa shape index (κ2) is 5.03. The van der Waals surface area contributed by atoms with Crippen LogP contribution in [0.1, 0.15) is 13.8 Å². The highest BCUT2D eigenvalue weighted by Gasteiger charge is 2.05. The quantitative estimate of drug-likeness (QED) is 0.636. The van der Waals surface area contributed by atoms with Crippen LogP contribution in [0.3, 0.4) is 0 Å². The van der Waals surface area contributed by atoms with E-state index in [1.165, 1.54) is 0 Å². The fourth-order valence-electron chi connectivity index (χ4n) is 1.02. The predicted molar refractivity (Wildman–Crippen MR) is 64.1 cm³/mol. The van der Waals surface area contributed by atoms with Crippen LogP contribution in [0.5, 0.6) is 5.75 Å². The molecule has 15 heavy (non-hydrogen) atoms. The van der Waals surface area contributed by atoms with Gasteiger partial charge in [0, 0.05) is 10.9 Å². The molecule has 1 aromatic carbocycles. The summed E-state index contributed by atoms with van der Waals surface area (Å²) in [6.45, 7) is 3.96. The molecule has 1 rings (SSSR count). The summed E-state index contributed by atoms with van der Waals surface area (Å²) >= 11 is 5.87. The van der Waals surface area contributed by atoms with Crippen molar-refractivity contribution in [3.8, 4) is 5.75 Å². The number of hydrogen-bond acceptors (Lipinski definition) is 2. The minimum Gasteiger partial charge on any atom is -0.494 e. The van der Waals surface area contributed by atoms with Gasteiger partial charge in [-0.1, -0.05) is 25.4 Å². The summed E-state index contributed by atoms with van der Waals surface area (Å²) in [4.78, 5) is 4.28. The number of methoxy groups -OCH3 is 1. The van der Waals surface area contributed by atoms with Crippen LogP contribution in [0.25, 0.3) is 0 Å². The first-order chi connectivity index (χ1) is 7.04. The number of aliphatic imine (C=N–C) groups is 1. The lowest BCUT2D eigenvalue weighted by molar-refractivity contribution is 0.416. The molecule has 82 valence electrons. The Morgan fingerprint density at radius 2 is 2.13 bits per heavy atom. The summed E-state index contributed by atoms with van der Waals surface area (Å²) in [5.74, 6) is 1.44. The van der Waals surface area contributed by atoms with Gasteiger partial charge in [-0.25, -0.2) is 4.99 Å². The SMILES string of the molecule is COc1ccc(Cl)cc1N=C(N)C(C)C. The molecule has 0 atom stereocenters. The van der Waals surface area contributed by atoms with Crippen LogP contribution >= 0.6 is 11.6 Å². The number of ether oxygens (including phenoxy) is 1. The number of nitrogens with two attached hydrogens (primary N) is 1. The molecule has 0 fully saturated rings. The number of amidine groups is 1. The van der Waals surface area contributed by atoms with Crippen molar-refractivity contribution >= 4 is 23.1 Å². The molecule has 3 nitrogen and oxygen atoms in total. The fraction of sp³-hybridized carbons (Fsp3) is 0.364. The molecule has 0 aromatic heterocycles. The molecule has 0 saturated carbocycles. The molecule has 0 amide bonds. The van der Waals surface area contributed by atoms with E-state index in [-0.39, 0.29) is 5.92 Å². The molecular formula is C11H15ClN2O. The Labute approximate surface area is 94.9 Å². The van der Waals surface area contributed by atoms with Gasteiger partial charge in [0.25, 0.3) is 0 Å². The third-order valence-electron chi connectivity index (χ3n) is 1.98. The van der Waals surface area contributed by atoms with E-state index in [9.17, 15) is 0 Å². The summed E-state index contributed by atoms with van der Waals surface area (Å²) in [6, 6.07) is 5.26. The highest BCUT2D eigenvalue weighted by atomic mass is 35.5. The van der Waals surface area contributed by atoms with Crippen LogP contribution < -0.4 is 10.5 Å². The van der Waals surface area contributed by atoms with E-state index in [1.54, 1.807) is 25.3 Å². The minimum absolute atomic E-state index is 0.202. The summed E-state index contributed by atoms with van der Waals surface area (Å²) in [7, 11) is 1.59. The third-order valence-corrected chi connectivity index (χ3v) is 2.22. The Balaban J connectivity index is 3.12. The minimum atomic E-state index is 0.202. The zero-order valence-electron chi connectivity index (χ0n) is 9.12. The van der Waals surface area contributed by atoms with Crippen molar-refractivity contribution in [1.29, 1.82) is 0 Å². The van der Waals surface area contributed by atoms with E-state index in [0.717, 1.165) is 0 Å². The Bertz CT molecular complexity index is 375. The molecule has 2 N–H and O–H groups in total. The van der Waals surface area contributed by atoms with Crippen LogP contribution in [-0.4, -0.2) is 12.9 Å². The molecular weight excluding hydrogens is 212 g/mol. The van der Waals surface area contributed by atoms with Crippen LogP contribution in [0.2, 0.25) is 5.02 Å². The lowest BCUT2D eigenvalue weighted by Gasteiger charge is -2.07. The summed E-state index contributed by atoms with van der Waals surface area (Å²) in [5, 5.41) is 0.617. The molecule has 0 aliphatic carbocycles. The second-order valence-corrected chi connectivity index (χ2v) is 3.94. The lowest BCUT2D eigenvalue weighted by Crippen LogP contribution is -2.18. The number of halogens is 1. The van der Waals surface area contributed by atoms with Gasteiger partial charge >= 0.3 is 0 Å². The van der Waals surface area contributed by atoms with Gasteiger partial charge < -0.3 is 10.5 Å². The van der Waals surface area contributed by atoms with Crippen molar-refractivity contribution in [3.05, 3.63) is 23.2 Å². The van der Waals surface area contributed by atoms with E-state index >= 15 is 0 Å². The number of hydrogen-bond donors (Lipinski definition) is 1. The van der Waals surface area contributed by atoms with Crippen molar-refractivity contribution in [2.75, 3.05) is 7.11 Å². The van der Waals surface area contributed by atoms with Gasteiger partial charge in [-0.05, 0) is 18.2 Å². The van der Waals surface area contributed by atoms with Gasteiger partial charge in [0.1, 0.15) is 17.3 Å². The average Bonchev–Trinajstić information content (AvgIpc) is 2.18. The normalized spacial score (nSPS) is 11.9. The first kappa shape index (κ1) is 11.9. The largest absolute Gasteiger partial charge is 0.494 e. The predicted octanol–water partition coefficient (Wildman–Crippen LogP) is 2.99. The zero-order chi connectivity index (χ0) is 11.4. The van der Waals surface area contributed by atoms with Gasteiger partial charge in [0.15, 0.2) is 0 Å². The number of nitrogens with zero attached hydrogens (tertiary/aromatic N) is 1. The zero-order valence-corrected chi connectivity index (χ0v) is 9.88. The summed E-state index contributed by atoms with van der Waals surface area (Å²) in [5.41, 5.74) is 6.44. The highest BCUT2D eigenvalue weighted by molar-refractivity contribution is 6.30. The summed E-state index contributed by atoms with van der Waals surface area (Å²) < 4.78 is 5.16. The van der Waals surface area contributed by atoms with Crippen molar-refractivity contribution in [3.63, 3.8) is 0 Å². The molecule has 0 saturated heterocycles. The molecule has 0 heterocycles. The Kier molecular flexibility index (Phi) is 3.97. The van der Waals surface area contributed by atoms with Gasteiger partial charge in [0.05, 0.1) is 7.11 Å². The van der Waals surface area contributed by atoms with E-state index in [2.05, 4.69) is 4.99 Å². The summed E-state index contributed by atoms with van der Waals surface area (Å²) in [6.07, 6.45) is 0. The Morgan fingerprint density at radius 1 is 1.47 bits per heavy atom. The molecule has 1 aromatic rings. The van der Waals surface area contributed by atoms with Crippen LogP contribution in [0.15, 0.2) is 23.2 Å². The standard InChI is InChI=1S/C11H15ClN2O/c1-7(2)11(13)14-9-6-8(12)4-5-10(9)15-3/h4-7H,1-3H3,(H2,13,14). The average molecular weight is 227 g/mol. The highest BCUT2D eigenvalue weighted by Crippen LogP contribution is 2.30. The van der Waals surface area contributed by atoms with E-state index in [4.69, 9.17) is 22.1 Å². The monoisotopic (exact) mass is 226 g/mol. The molecule has 0 aliphatic heterocycles. The van der Waals surface area contributed by atoms with Crippen LogP contribution in [0, 0.1) is 5.92 Å². The molecule has 4 heteroatoms. The van der Waals surface area contributed by atoms with Crippen LogP contribution in [0.4, 0.5) is 5.69 Å². The van der Waals surface area contributed by atoms with Crippen molar-refractivity contribution < 1.29 is 4.74 Å². The van der Waals surface area contributed by atoms with Gasteiger partial charge in [-0.3, -0.25) is 0 Å². The molecule has 0 spiro atoms. The van der Waals surface area contributed by atoms with E-state index in [0.29, 0.717) is 22.3 Å². The van der Waals surface area contributed by atoms with Crippen molar-refractivity contribution in [1.82, 2.24) is 0 Å². The Hall–Kier alpha value is -1.22. The number of benzene rings is 1. The van der Waals surface area contributed by atoms with Gasteiger partial charge in [0.2, 0.25) is 0 Å². The molecule has 0 aliphatic rings. The maximum atomic E-state index is 5.87. The fourth-order valence-corrected chi connectivity index (χ4v) is 1.19. The first-order valence-corrected chi connectivity index (χ1v) is 5.10. The second-order valence-electron chi connectivity index (χ2n) is 3.51. The first-order valence-electron chi connectivity index (χ1n) is 4.72. The molecule has 0 bridgehead atoms. The number of rotatable bonds is 3. The van der Waals surface area contributed by atoms with E-state index < -0.39 is 0 Å². The van der Waals surface area contributed by atoms with Crippen molar-refractivity contribution in [2.45, 2.75) is 13.8 Å². The molecule has 0 unspecified atom stereocenters. The van der Waals surface area contributed by atoms with E-state index in [1.807, 2.05) is 13.8 Å².